The van der Waals surface area contributed by atoms with E-state index in [1.165, 1.54) is 22.9 Å². The average molecular weight is 244 g/mol. The fourth-order valence-corrected chi connectivity index (χ4v) is 2.27. The maximum Gasteiger partial charge on any atom is 0.0486 e. The zero-order chi connectivity index (χ0) is 13.1. The van der Waals surface area contributed by atoms with Gasteiger partial charge in [-0.3, -0.25) is 0 Å². The van der Waals surface area contributed by atoms with Crippen LogP contribution in [0.1, 0.15) is 45.7 Å². The van der Waals surface area contributed by atoms with Crippen LogP contribution in [-0.4, -0.2) is 10.6 Å². The van der Waals surface area contributed by atoms with Gasteiger partial charge in [-0.15, -0.1) is 0 Å². The number of benzene rings is 1. The largest absolute Gasteiger partial charge is 0.345 e. The summed E-state index contributed by atoms with van der Waals surface area (Å²) in [5, 5.41) is 4.96. The van der Waals surface area contributed by atoms with Gasteiger partial charge in [0.05, 0.1) is 0 Å². The summed E-state index contributed by atoms with van der Waals surface area (Å²) in [6.45, 7) is 9.88. The summed E-state index contributed by atoms with van der Waals surface area (Å²) >= 11 is 0. The molecule has 0 saturated heterocycles. The maximum absolute atomic E-state index is 3.58. The van der Waals surface area contributed by atoms with Crippen LogP contribution in [0.5, 0.6) is 0 Å². The first-order valence-electron chi connectivity index (χ1n) is 6.95. The van der Waals surface area contributed by atoms with Crippen molar-refractivity contribution in [3.8, 4) is 0 Å². The van der Waals surface area contributed by atoms with Gasteiger partial charge in [0, 0.05) is 35.7 Å². The standard InChI is InChI=1S/C16H24N2/c1-5-13(4)17-10-14-11-18(12(2)3)16-9-7-6-8-15(14)16/h6-9,11-13,17H,5,10H2,1-4H3/t13-/m1/s1. The Labute approximate surface area is 110 Å². The third-order valence-electron chi connectivity index (χ3n) is 3.63. The van der Waals surface area contributed by atoms with Crippen molar-refractivity contribution in [1.29, 1.82) is 0 Å². The first kappa shape index (κ1) is 13.2. The lowest BCUT2D eigenvalue weighted by atomic mass is 10.1. The molecule has 1 N–H and O–H groups in total. The van der Waals surface area contributed by atoms with Crippen LogP contribution in [0.4, 0.5) is 0 Å². The lowest BCUT2D eigenvalue weighted by Gasteiger charge is -2.10. The van der Waals surface area contributed by atoms with Crippen molar-refractivity contribution in [2.24, 2.45) is 0 Å². The Balaban J connectivity index is 2.33. The van der Waals surface area contributed by atoms with Crippen molar-refractivity contribution >= 4 is 10.9 Å². The van der Waals surface area contributed by atoms with Crippen LogP contribution in [-0.2, 0) is 6.54 Å². The first-order valence-corrected chi connectivity index (χ1v) is 6.95. The molecular weight excluding hydrogens is 220 g/mol. The highest BCUT2D eigenvalue weighted by Crippen LogP contribution is 2.24. The fourth-order valence-electron chi connectivity index (χ4n) is 2.27. The minimum absolute atomic E-state index is 0.507. The van der Waals surface area contributed by atoms with Gasteiger partial charge in [-0.25, -0.2) is 0 Å². The van der Waals surface area contributed by atoms with Gasteiger partial charge in [-0.2, -0.15) is 0 Å². The van der Waals surface area contributed by atoms with Crippen LogP contribution in [0.2, 0.25) is 0 Å². The summed E-state index contributed by atoms with van der Waals surface area (Å²) in [5.74, 6) is 0. The van der Waals surface area contributed by atoms with E-state index in [9.17, 15) is 0 Å². The molecule has 0 fully saturated rings. The molecule has 0 aliphatic carbocycles. The van der Waals surface area contributed by atoms with Crippen LogP contribution < -0.4 is 5.32 Å². The second-order valence-electron chi connectivity index (χ2n) is 5.36. The molecule has 2 aromatic rings. The molecule has 0 aliphatic rings. The minimum atomic E-state index is 0.507. The molecule has 0 unspecified atom stereocenters. The predicted octanol–water partition coefficient (Wildman–Crippen LogP) is 4.11. The summed E-state index contributed by atoms with van der Waals surface area (Å²) in [6, 6.07) is 9.76. The van der Waals surface area contributed by atoms with E-state index in [-0.39, 0.29) is 0 Å². The Morgan fingerprint density at radius 3 is 2.56 bits per heavy atom. The third kappa shape index (κ3) is 2.59. The average Bonchev–Trinajstić information content (AvgIpc) is 2.75. The van der Waals surface area contributed by atoms with E-state index in [0.717, 1.165) is 6.54 Å². The van der Waals surface area contributed by atoms with Crippen LogP contribution in [0.3, 0.4) is 0 Å². The quantitative estimate of drug-likeness (QED) is 0.837. The molecule has 0 bridgehead atoms. The van der Waals surface area contributed by atoms with E-state index >= 15 is 0 Å². The third-order valence-corrected chi connectivity index (χ3v) is 3.63. The number of rotatable bonds is 5. The van der Waals surface area contributed by atoms with E-state index in [4.69, 9.17) is 0 Å². The number of fused-ring (bicyclic) bond motifs is 1. The second kappa shape index (κ2) is 5.57. The van der Waals surface area contributed by atoms with Gasteiger partial charge in [0.1, 0.15) is 0 Å². The van der Waals surface area contributed by atoms with Crippen molar-refractivity contribution in [3.63, 3.8) is 0 Å². The Bertz CT molecular complexity index is 511. The molecule has 0 spiro atoms. The number of nitrogens with zero attached hydrogens (tertiary/aromatic N) is 1. The summed E-state index contributed by atoms with van der Waals surface area (Å²) < 4.78 is 2.36. The molecule has 98 valence electrons. The van der Waals surface area contributed by atoms with Crippen LogP contribution in [0, 0.1) is 0 Å². The van der Waals surface area contributed by atoms with Crippen molar-refractivity contribution < 1.29 is 0 Å². The number of aromatic nitrogens is 1. The SMILES string of the molecule is CC[C@@H](C)NCc1cn(C(C)C)c2ccccc12. The molecular formula is C16H24N2. The summed E-state index contributed by atoms with van der Waals surface area (Å²) in [6.07, 6.45) is 3.47. The molecule has 1 aromatic carbocycles. The highest BCUT2D eigenvalue weighted by atomic mass is 15.0. The van der Waals surface area contributed by atoms with Gasteiger partial charge < -0.3 is 9.88 Å². The predicted molar refractivity (Wildman–Crippen MR) is 78.9 cm³/mol. The molecule has 18 heavy (non-hydrogen) atoms. The zero-order valence-electron chi connectivity index (χ0n) is 11.9. The normalized spacial score (nSPS) is 13.4. The highest BCUT2D eigenvalue weighted by Gasteiger charge is 2.10. The summed E-state index contributed by atoms with van der Waals surface area (Å²) in [5.41, 5.74) is 2.74. The second-order valence-corrected chi connectivity index (χ2v) is 5.36. The van der Waals surface area contributed by atoms with Crippen molar-refractivity contribution in [1.82, 2.24) is 9.88 Å². The molecule has 0 saturated carbocycles. The van der Waals surface area contributed by atoms with Crippen LogP contribution in [0.15, 0.2) is 30.5 Å². The van der Waals surface area contributed by atoms with Crippen LogP contribution >= 0.6 is 0 Å². The molecule has 1 atom stereocenters. The van der Waals surface area contributed by atoms with E-state index in [1.54, 1.807) is 0 Å². The van der Waals surface area contributed by atoms with Gasteiger partial charge in [-0.1, -0.05) is 25.1 Å². The van der Waals surface area contributed by atoms with E-state index in [0.29, 0.717) is 12.1 Å². The van der Waals surface area contributed by atoms with E-state index in [2.05, 4.69) is 68.0 Å². The summed E-state index contributed by atoms with van der Waals surface area (Å²) in [4.78, 5) is 0. The van der Waals surface area contributed by atoms with Crippen molar-refractivity contribution in [3.05, 3.63) is 36.0 Å². The molecule has 1 heterocycles. The lowest BCUT2D eigenvalue weighted by molar-refractivity contribution is 0.533. The van der Waals surface area contributed by atoms with Gasteiger partial charge >= 0.3 is 0 Å². The first-order chi connectivity index (χ1) is 8.63. The molecule has 0 aliphatic heterocycles. The molecule has 2 heteroatoms. The smallest absolute Gasteiger partial charge is 0.0486 e. The van der Waals surface area contributed by atoms with Gasteiger partial charge in [0.15, 0.2) is 0 Å². The number of hydrogen-bond acceptors (Lipinski definition) is 1. The van der Waals surface area contributed by atoms with Gasteiger partial charge in [0.2, 0.25) is 0 Å². The van der Waals surface area contributed by atoms with Crippen molar-refractivity contribution in [2.75, 3.05) is 0 Å². The van der Waals surface area contributed by atoms with Gasteiger partial charge in [0.25, 0.3) is 0 Å². The summed E-state index contributed by atoms with van der Waals surface area (Å²) in [7, 11) is 0. The molecule has 2 rings (SSSR count). The van der Waals surface area contributed by atoms with E-state index < -0.39 is 0 Å². The Morgan fingerprint density at radius 2 is 1.89 bits per heavy atom. The number of hydrogen-bond donors (Lipinski definition) is 1. The Morgan fingerprint density at radius 1 is 1.17 bits per heavy atom. The topological polar surface area (TPSA) is 17.0 Å². The fraction of sp³-hybridized carbons (Fsp3) is 0.500. The number of para-hydroxylation sites is 1. The lowest BCUT2D eigenvalue weighted by Crippen LogP contribution is -2.24. The molecule has 2 nitrogen and oxygen atoms in total. The molecule has 0 radical (unpaired) electrons. The Kier molecular flexibility index (Phi) is 4.07. The van der Waals surface area contributed by atoms with E-state index in [1.807, 2.05) is 0 Å². The van der Waals surface area contributed by atoms with Crippen molar-refractivity contribution in [2.45, 2.75) is 52.7 Å². The maximum atomic E-state index is 3.58. The zero-order valence-corrected chi connectivity index (χ0v) is 11.9. The molecule has 1 aromatic heterocycles. The van der Waals surface area contributed by atoms with Gasteiger partial charge in [-0.05, 0) is 38.8 Å². The highest BCUT2D eigenvalue weighted by molar-refractivity contribution is 5.84. The molecule has 0 amide bonds. The minimum Gasteiger partial charge on any atom is -0.345 e. The monoisotopic (exact) mass is 244 g/mol. The van der Waals surface area contributed by atoms with Crippen LogP contribution in [0.25, 0.3) is 10.9 Å². The Hall–Kier alpha value is -1.28. The number of nitrogens with one attached hydrogen (secondary N) is 1.